The standard InChI is InChI=1S/C27H28N6O5/c34-27-19(9-18-10-24-25(38-16-37-24)11-21(18)28-27)13-32(12-17-6-7-22-23(8-17)36-15-35-22)14-26-29-30-31-33(26)20-4-2-1-3-5-20/h6-11,20H,1-5,12-16H2,(H,28,34). The normalized spacial score (nSPS) is 16.6. The predicted molar refractivity (Wildman–Crippen MR) is 136 cm³/mol. The Kier molecular flexibility index (Phi) is 5.84. The van der Waals surface area contributed by atoms with Crippen molar-refractivity contribution in [2.75, 3.05) is 13.6 Å². The molecule has 1 fully saturated rings. The molecule has 0 atom stereocenters. The van der Waals surface area contributed by atoms with Gasteiger partial charge in [0.25, 0.3) is 5.56 Å². The monoisotopic (exact) mass is 516 g/mol. The molecular formula is C27H28N6O5. The van der Waals surface area contributed by atoms with E-state index in [0.717, 1.165) is 41.1 Å². The minimum absolute atomic E-state index is 0.140. The molecule has 38 heavy (non-hydrogen) atoms. The Balaban J connectivity index is 1.21. The van der Waals surface area contributed by atoms with Gasteiger partial charge < -0.3 is 23.9 Å². The predicted octanol–water partition coefficient (Wildman–Crippen LogP) is 3.68. The maximum atomic E-state index is 13.2. The summed E-state index contributed by atoms with van der Waals surface area (Å²) in [6.07, 6.45) is 5.81. The van der Waals surface area contributed by atoms with Crippen molar-refractivity contribution in [3.05, 3.63) is 63.7 Å². The Morgan fingerprint density at radius 3 is 2.47 bits per heavy atom. The summed E-state index contributed by atoms with van der Waals surface area (Å²) >= 11 is 0. The van der Waals surface area contributed by atoms with E-state index in [1.54, 1.807) is 0 Å². The van der Waals surface area contributed by atoms with E-state index >= 15 is 0 Å². The number of rotatable bonds is 7. The molecule has 0 radical (unpaired) electrons. The van der Waals surface area contributed by atoms with E-state index in [-0.39, 0.29) is 19.1 Å². The third-order valence-electron chi connectivity index (χ3n) is 7.50. The first-order valence-electron chi connectivity index (χ1n) is 13.0. The number of aromatic amines is 1. The lowest BCUT2D eigenvalue weighted by Gasteiger charge is -2.25. The Morgan fingerprint density at radius 1 is 0.868 bits per heavy atom. The number of ether oxygens (including phenoxy) is 4. The zero-order chi connectivity index (χ0) is 25.5. The van der Waals surface area contributed by atoms with Crippen molar-refractivity contribution in [3.63, 3.8) is 0 Å². The summed E-state index contributed by atoms with van der Waals surface area (Å²) in [6.45, 7) is 1.89. The van der Waals surface area contributed by atoms with Crippen molar-refractivity contribution < 1.29 is 18.9 Å². The highest BCUT2D eigenvalue weighted by Gasteiger charge is 2.23. The van der Waals surface area contributed by atoms with Crippen LogP contribution in [0.5, 0.6) is 23.0 Å². The highest BCUT2D eigenvalue weighted by atomic mass is 16.7. The number of H-pyrrole nitrogens is 1. The fraction of sp³-hybridized carbons (Fsp3) is 0.407. The maximum absolute atomic E-state index is 13.2. The molecule has 7 rings (SSSR count). The molecule has 0 unspecified atom stereocenters. The van der Waals surface area contributed by atoms with Gasteiger partial charge in [-0.2, -0.15) is 0 Å². The van der Waals surface area contributed by atoms with Gasteiger partial charge in [-0.15, -0.1) is 5.10 Å². The molecule has 2 aromatic carbocycles. The van der Waals surface area contributed by atoms with E-state index in [2.05, 4.69) is 25.4 Å². The van der Waals surface area contributed by atoms with Crippen molar-refractivity contribution in [2.45, 2.75) is 57.8 Å². The minimum Gasteiger partial charge on any atom is -0.454 e. The second kappa shape index (κ2) is 9.64. The summed E-state index contributed by atoms with van der Waals surface area (Å²) < 4.78 is 24.1. The van der Waals surface area contributed by atoms with E-state index < -0.39 is 0 Å². The first kappa shape index (κ1) is 23.0. The molecular weight excluding hydrogens is 488 g/mol. The Morgan fingerprint density at radius 2 is 1.63 bits per heavy atom. The van der Waals surface area contributed by atoms with E-state index in [4.69, 9.17) is 18.9 Å². The number of hydrogen-bond donors (Lipinski definition) is 1. The Hall–Kier alpha value is -4.12. The van der Waals surface area contributed by atoms with Crippen LogP contribution in [0.2, 0.25) is 0 Å². The number of hydrogen-bond acceptors (Lipinski definition) is 9. The molecule has 2 aliphatic heterocycles. The summed E-state index contributed by atoms with van der Waals surface area (Å²) in [5, 5.41) is 13.6. The summed E-state index contributed by atoms with van der Waals surface area (Å²) in [6, 6.07) is 11.9. The maximum Gasteiger partial charge on any atom is 0.252 e. The summed E-state index contributed by atoms with van der Waals surface area (Å²) in [4.78, 5) is 18.4. The van der Waals surface area contributed by atoms with Gasteiger partial charge >= 0.3 is 0 Å². The van der Waals surface area contributed by atoms with Gasteiger partial charge in [0.1, 0.15) is 0 Å². The zero-order valence-electron chi connectivity index (χ0n) is 20.9. The lowest BCUT2D eigenvalue weighted by atomic mass is 9.95. The molecule has 0 saturated heterocycles. The number of benzene rings is 2. The van der Waals surface area contributed by atoms with Crippen LogP contribution in [0.3, 0.4) is 0 Å². The van der Waals surface area contributed by atoms with E-state index in [1.807, 2.05) is 41.1 Å². The van der Waals surface area contributed by atoms with Gasteiger partial charge in [0.05, 0.1) is 18.1 Å². The van der Waals surface area contributed by atoms with E-state index in [0.29, 0.717) is 48.3 Å². The van der Waals surface area contributed by atoms with Crippen LogP contribution in [0, 0.1) is 0 Å². The molecule has 3 aliphatic rings. The quantitative estimate of drug-likeness (QED) is 0.393. The molecule has 0 amide bonds. The van der Waals surface area contributed by atoms with Gasteiger partial charge in [0.2, 0.25) is 13.6 Å². The number of nitrogens with zero attached hydrogens (tertiary/aromatic N) is 5. The number of pyridine rings is 1. The van der Waals surface area contributed by atoms with Crippen LogP contribution < -0.4 is 24.5 Å². The van der Waals surface area contributed by atoms with Crippen LogP contribution in [0.15, 0.2) is 41.2 Å². The lowest BCUT2D eigenvalue weighted by Crippen LogP contribution is -2.29. The van der Waals surface area contributed by atoms with Crippen molar-refractivity contribution in [1.29, 1.82) is 0 Å². The minimum atomic E-state index is -0.140. The second-order valence-electron chi connectivity index (χ2n) is 10.1. The van der Waals surface area contributed by atoms with Crippen LogP contribution in [0.4, 0.5) is 0 Å². The zero-order valence-corrected chi connectivity index (χ0v) is 20.9. The Labute approximate surface area is 218 Å². The second-order valence-corrected chi connectivity index (χ2v) is 10.1. The van der Waals surface area contributed by atoms with E-state index in [9.17, 15) is 4.79 Å². The van der Waals surface area contributed by atoms with Crippen molar-refractivity contribution in [2.24, 2.45) is 0 Å². The van der Waals surface area contributed by atoms with Crippen LogP contribution in [-0.2, 0) is 19.6 Å². The fourth-order valence-corrected chi connectivity index (χ4v) is 5.59. The van der Waals surface area contributed by atoms with Gasteiger partial charge in [-0.3, -0.25) is 9.69 Å². The van der Waals surface area contributed by atoms with Crippen LogP contribution in [0.1, 0.15) is 55.1 Å². The number of tetrazole rings is 1. The molecule has 11 nitrogen and oxygen atoms in total. The van der Waals surface area contributed by atoms with Crippen LogP contribution in [-0.4, -0.2) is 43.7 Å². The van der Waals surface area contributed by atoms with Crippen molar-refractivity contribution in [3.8, 4) is 23.0 Å². The molecule has 196 valence electrons. The fourth-order valence-electron chi connectivity index (χ4n) is 5.59. The molecule has 0 bridgehead atoms. The SMILES string of the molecule is O=c1[nH]c2cc3c(cc2cc1CN(Cc1ccc2c(c1)OCO2)Cc1nnnn1C1CCCCC1)OCO3. The smallest absolute Gasteiger partial charge is 0.252 e. The molecule has 1 N–H and O–H groups in total. The highest BCUT2D eigenvalue weighted by molar-refractivity contribution is 5.83. The molecule has 4 heterocycles. The van der Waals surface area contributed by atoms with Crippen LogP contribution >= 0.6 is 0 Å². The molecule has 4 aromatic rings. The summed E-state index contributed by atoms with van der Waals surface area (Å²) in [5.41, 5.74) is 2.27. The van der Waals surface area contributed by atoms with Crippen molar-refractivity contribution in [1.82, 2.24) is 30.1 Å². The highest BCUT2D eigenvalue weighted by Crippen LogP contribution is 2.36. The van der Waals surface area contributed by atoms with E-state index in [1.165, 1.54) is 19.3 Å². The first-order chi connectivity index (χ1) is 18.7. The van der Waals surface area contributed by atoms with Gasteiger partial charge in [0.15, 0.2) is 28.8 Å². The number of nitrogens with one attached hydrogen (secondary N) is 1. The number of fused-ring (bicyclic) bond motifs is 3. The number of aromatic nitrogens is 5. The molecule has 11 heteroatoms. The van der Waals surface area contributed by atoms with Gasteiger partial charge in [-0.05, 0) is 53.1 Å². The van der Waals surface area contributed by atoms with Gasteiger partial charge in [-0.25, -0.2) is 4.68 Å². The largest absolute Gasteiger partial charge is 0.454 e. The van der Waals surface area contributed by atoms with Gasteiger partial charge in [-0.1, -0.05) is 25.3 Å². The molecule has 0 spiro atoms. The van der Waals surface area contributed by atoms with Crippen LogP contribution in [0.25, 0.3) is 10.9 Å². The average molecular weight is 517 g/mol. The Bertz CT molecular complexity index is 1540. The topological polar surface area (TPSA) is 117 Å². The summed E-state index contributed by atoms with van der Waals surface area (Å²) in [5.74, 6) is 3.60. The molecule has 1 aliphatic carbocycles. The van der Waals surface area contributed by atoms with Crippen molar-refractivity contribution >= 4 is 10.9 Å². The summed E-state index contributed by atoms with van der Waals surface area (Å²) in [7, 11) is 0. The third kappa shape index (κ3) is 4.43. The molecule has 2 aromatic heterocycles. The third-order valence-corrected chi connectivity index (χ3v) is 7.50. The molecule has 1 saturated carbocycles. The lowest BCUT2D eigenvalue weighted by molar-refractivity contribution is 0.173. The average Bonchev–Trinajstić information content (AvgIpc) is 3.69. The van der Waals surface area contributed by atoms with Gasteiger partial charge in [0, 0.05) is 30.1 Å². The first-order valence-corrected chi connectivity index (χ1v) is 13.0.